The first-order valence-electron chi connectivity index (χ1n) is 11.5. The Balaban J connectivity index is 0.00000166. The maximum atomic E-state index is 12.3. The summed E-state index contributed by atoms with van der Waals surface area (Å²) in [5.41, 5.74) is 3.63. The number of hydrogen-bond donors (Lipinski definition) is 1. The van der Waals surface area contributed by atoms with Crippen molar-refractivity contribution in [2.75, 3.05) is 47.0 Å². The van der Waals surface area contributed by atoms with Crippen LogP contribution in [0.25, 0.3) is 0 Å². The highest BCUT2D eigenvalue weighted by Crippen LogP contribution is 2.40. The lowest BCUT2D eigenvalue weighted by atomic mass is 9.78. The molecule has 1 aliphatic heterocycles. The van der Waals surface area contributed by atoms with Crippen molar-refractivity contribution in [2.24, 2.45) is 5.92 Å². The third kappa shape index (κ3) is 8.04. The van der Waals surface area contributed by atoms with Crippen molar-refractivity contribution in [1.82, 2.24) is 20.0 Å². The number of likely N-dealkylation sites (N-methyl/N-ethyl adjacent to an activating group) is 2. The normalized spacial score (nSPS) is 21.5. The van der Waals surface area contributed by atoms with E-state index in [-0.39, 0.29) is 12.5 Å². The Hall–Kier alpha value is -1.16. The van der Waals surface area contributed by atoms with Gasteiger partial charge in [0.2, 0.25) is 0 Å². The number of halogens is 3. The minimum absolute atomic E-state index is 0.196. The average Bonchev–Trinajstić information content (AvgIpc) is 3.11. The van der Waals surface area contributed by atoms with E-state index in [9.17, 15) is 13.2 Å². The molecular formula is C22H39F3N4O2. The van der Waals surface area contributed by atoms with E-state index in [0.29, 0.717) is 19.1 Å². The highest BCUT2D eigenvalue weighted by molar-refractivity contribution is 5.31. The third-order valence-electron chi connectivity index (χ3n) is 5.90. The van der Waals surface area contributed by atoms with E-state index in [4.69, 9.17) is 14.6 Å². The highest BCUT2D eigenvalue weighted by atomic mass is 19.4. The zero-order chi connectivity index (χ0) is 22.9. The topological polar surface area (TPSA) is 51.6 Å². The minimum Gasteiger partial charge on any atom is -0.373 e. The summed E-state index contributed by atoms with van der Waals surface area (Å²) < 4.78 is 49.6. The molecule has 1 fully saturated rings. The van der Waals surface area contributed by atoms with Crippen molar-refractivity contribution >= 4 is 0 Å². The van der Waals surface area contributed by atoms with Gasteiger partial charge in [0.1, 0.15) is 6.61 Å². The molecule has 9 heteroatoms. The molecule has 0 saturated heterocycles. The number of hydrogen-bond acceptors (Lipinski definition) is 5. The predicted molar refractivity (Wildman–Crippen MR) is 115 cm³/mol. The molecule has 0 atom stereocenters. The second-order valence-corrected chi connectivity index (χ2v) is 8.27. The standard InChI is InChI=1S/C20H33F3N4O2.C2H6/c1-24-7-8-26(2)11-17-19(18-13-28-10-9-27(18)25-17)16-5-3-15(4-6-16)12-29-14-20(21,22)23;1-2/h15-16,24H,3-14H2,1-2H3;1-2H3. The first-order valence-corrected chi connectivity index (χ1v) is 11.5. The Morgan fingerprint density at radius 2 is 1.94 bits per heavy atom. The molecular weight excluding hydrogens is 409 g/mol. The van der Waals surface area contributed by atoms with Gasteiger partial charge in [-0.05, 0) is 51.6 Å². The fraction of sp³-hybridized carbons (Fsp3) is 0.864. The Morgan fingerprint density at radius 3 is 2.58 bits per heavy atom. The van der Waals surface area contributed by atoms with Gasteiger partial charge in [-0.1, -0.05) is 13.8 Å². The van der Waals surface area contributed by atoms with Gasteiger partial charge in [-0.2, -0.15) is 18.3 Å². The number of rotatable bonds is 9. The van der Waals surface area contributed by atoms with Gasteiger partial charge in [0.05, 0.1) is 31.1 Å². The van der Waals surface area contributed by atoms with E-state index in [0.717, 1.165) is 57.6 Å². The quantitative estimate of drug-likeness (QED) is 0.620. The van der Waals surface area contributed by atoms with Crippen molar-refractivity contribution in [3.63, 3.8) is 0 Å². The van der Waals surface area contributed by atoms with E-state index in [2.05, 4.69) is 21.9 Å². The highest BCUT2D eigenvalue weighted by Gasteiger charge is 2.32. The predicted octanol–water partition coefficient (Wildman–Crippen LogP) is 3.94. The van der Waals surface area contributed by atoms with Crippen molar-refractivity contribution in [3.05, 3.63) is 17.0 Å². The fourth-order valence-electron chi connectivity index (χ4n) is 4.41. The number of alkyl halides is 3. The van der Waals surface area contributed by atoms with Crippen LogP contribution in [0.4, 0.5) is 13.2 Å². The van der Waals surface area contributed by atoms with Crippen LogP contribution >= 0.6 is 0 Å². The van der Waals surface area contributed by atoms with Gasteiger partial charge in [0, 0.05) is 31.8 Å². The van der Waals surface area contributed by atoms with E-state index in [1.165, 1.54) is 11.3 Å². The number of nitrogens with one attached hydrogen (secondary N) is 1. The molecule has 31 heavy (non-hydrogen) atoms. The fourth-order valence-corrected chi connectivity index (χ4v) is 4.41. The molecule has 2 heterocycles. The number of aromatic nitrogens is 2. The second kappa shape index (κ2) is 12.8. The largest absolute Gasteiger partial charge is 0.411 e. The molecule has 0 aromatic carbocycles. The Kier molecular flexibility index (Phi) is 10.7. The Morgan fingerprint density at radius 1 is 1.23 bits per heavy atom. The average molecular weight is 449 g/mol. The van der Waals surface area contributed by atoms with Crippen molar-refractivity contribution in [1.29, 1.82) is 0 Å². The van der Waals surface area contributed by atoms with Crippen LogP contribution in [0.2, 0.25) is 0 Å². The van der Waals surface area contributed by atoms with E-state index >= 15 is 0 Å². The van der Waals surface area contributed by atoms with Crippen LogP contribution in [0, 0.1) is 5.92 Å². The van der Waals surface area contributed by atoms with Crippen LogP contribution in [-0.2, 0) is 29.2 Å². The summed E-state index contributed by atoms with van der Waals surface area (Å²) in [6.45, 7) is 7.77. The second-order valence-electron chi connectivity index (χ2n) is 8.27. The van der Waals surface area contributed by atoms with Gasteiger partial charge in [-0.15, -0.1) is 0 Å². The zero-order valence-electron chi connectivity index (χ0n) is 19.4. The number of nitrogens with zero attached hydrogens (tertiary/aromatic N) is 3. The summed E-state index contributed by atoms with van der Waals surface area (Å²) in [6, 6.07) is 0. The first kappa shape index (κ1) is 26.1. The van der Waals surface area contributed by atoms with Gasteiger partial charge in [0.25, 0.3) is 0 Å². The summed E-state index contributed by atoms with van der Waals surface area (Å²) >= 11 is 0. The first-order chi connectivity index (χ1) is 14.9. The minimum atomic E-state index is -4.25. The van der Waals surface area contributed by atoms with Crippen LogP contribution in [0.5, 0.6) is 0 Å². The summed E-state index contributed by atoms with van der Waals surface area (Å²) in [5.74, 6) is 0.602. The van der Waals surface area contributed by atoms with Crippen LogP contribution in [0.3, 0.4) is 0 Å². The van der Waals surface area contributed by atoms with Gasteiger partial charge in [-0.25, -0.2) is 0 Å². The maximum Gasteiger partial charge on any atom is 0.411 e. The van der Waals surface area contributed by atoms with Crippen molar-refractivity contribution in [2.45, 2.75) is 71.3 Å². The molecule has 3 rings (SSSR count). The van der Waals surface area contributed by atoms with Crippen LogP contribution < -0.4 is 5.32 Å². The van der Waals surface area contributed by atoms with E-state index < -0.39 is 12.8 Å². The molecule has 1 aliphatic carbocycles. The van der Waals surface area contributed by atoms with Gasteiger partial charge < -0.3 is 14.8 Å². The van der Waals surface area contributed by atoms with Gasteiger partial charge in [0.15, 0.2) is 0 Å². The molecule has 6 nitrogen and oxygen atoms in total. The lowest BCUT2D eigenvalue weighted by molar-refractivity contribution is -0.177. The lowest BCUT2D eigenvalue weighted by Gasteiger charge is -2.30. The summed E-state index contributed by atoms with van der Waals surface area (Å²) in [4.78, 5) is 2.27. The molecule has 0 amide bonds. The molecule has 1 N–H and O–H groups in total. The van der Waals surface area contributed by atoms with E-state index in [1.54, 1.807) is 0 Å². The van der Waals surface area contributed by atoms with Crippen molar-refractivity contribution in [3.8, 4) is 0 Å². The summed E-state index contributed by atoms with van der Waals surface area (Å²) in [6.07, 6.45) is -0.535. The lowest BCUT2D eigenvalue weighted by Crippen LogP contribution is -2.28. The van der Waals surface area contributed by atoms with E-state index in [1.807, 2.05) is 20.9 Å². The van der Waals surface area contributed by atoms with Crippen LogP contribution in [0.15, 0.2) is 0 Å². The van der Waals surface area contributed by atoms with Gasteiger partial charge in [-0.3, -0.25) is 9.58 Å². The SMILES string of the molecule is CC.CNCCN(C)Cc1nn2c(c1C1CCC(COCC(F)(F)F)CC1)COCC2. The Bertz CT molecular complexity index is 643. The molecule has 1 aromatic rings. The molecule has 0 bridgehead atoms. The molecule has 0 unspecified atom stereocenters. The molecule has 1 aromatic heterocycles. The Labute approximate surface area is 184 Å². The zero-order valence-corrected chi connectivity index (χ0v) is 19.4. The monoisotopic (exact) mass is 448 g/mol. The van der Waals surface area contributed by atoms with Crippen LogP contribution in [0.1, 0.15) is 62.4 Å². The van der Waals surface area contributed by atoms with Gasteiger partial charge >= 0.3 is 6.18 Å². The van der Waals surface area contributed by atoms with Crippen molar-refractivity contribution < 1.29 is 22.6 Å². The molecule has 1 saturated carbocycles. The van der Waals surface area contributed by atoms with Crippen LogP contribution in [-0.4, -0.2) is 67.9 Å². The number of ether oxygens (including phenoxy) is 2. The smallest absolute Gasteiger partial charge is 0.373 e. The summed E-state index contributed by atoms with van der Waals surface area (Å²) in [5, 5.41) is 8.07. The molecule has 0 radical (unpaired) electrons. The number of fused-ring (bicyclic) bond motifs is 1. The molecule has 2 aliphatic rings. The summed E-state index contributed by atoms with van der Waals surface area (Å²) in [7, 11) is 4.05. The molecule has 0 spiro atoms. The third-order valence-corrected chi connectivity index (χ3v) is 5.90. The maximum absolute atomic E-state index is 12.3. The molecule has 180 valence electrons.